The molecular formula is C31H31ClFN3O4S. The average molecular weight is 596 g/mol. The maximum absolute atomic E-state index is 13.9. The van der Waals surface area contributed by atoms with Gasteiger partial charge in [-0.25, -0.2) is 17.8 Å². The van der Waals surface area contributed by atoms with Crippen LogP contribution in [0.25, 0.3) is 22.7 Å². The number of sulfone groups is 1. The van der Waals surface area contributed by atoms with Crippen molar-refractivity contribution in [1.82, 2.24) is 4.98 Å². The van der Waals surface area contributed by atoms with Crippen LogP contribution in [-0.2, 0) is 14.6 Å². The van der Waals surface area contributed by atoms with Gasteiger partial charge in [0.1, 0.15) is 23.1 Å². The van der Waals surface area contributed by atoms with Crippen LogP contribution in [0.15, 0.2) is 46.9 Å². The summed E-state index contributed by atoms with van der Waals surface area (Å²) in [6.45, 7) is 0.894. The highest BCUT2D eigenvalue weighted by Gasteiger charge is 2.47. The standard InChI is InChI=1S/C31H31ClFN3O4S/c32-25-17-21(7-10-26(25)33)30-35-28(20-5-8-22(9-6-20)36-13-15-41(38,39)16-14-36)29(40-30)24-4-2-1-3-23(24)27(37)18-31(19-34)11-12-31/h5-10,17,23-24H,1-4,11-16,18H2/t23-,24-/m1/s1. The van der Waals surface area contributed by atoms with Gasteiger partial charge in [0.05, 0.1) is 28.0 Å². The number of benzene rings is 2. The lowest BCUT2D eigenvalue weighted by Gasteiger charge is -2.30. The Balaban J connectivity index is 1.36. The summed E-state index contributed by atoms with van der Waals surface area (Å²) in [6, 6.07) is 14.5. The van der Waals surface area contributed by atoms with Gasteiger partial charge in [0.25, 0.3) is 0 Å². The molecule has 1 aromatic heterocycles. The third-order valence-electron chi connectivity index (χ3n) is 8.79. The van der Waals surface area contributed by atoms with E-state index in [9.17, 15) is 22.9 Å². The van der Waals surface area contributed by atoms with Crippen LogP contribution < -0.4 is 4.90 Å². The molecule has 41 heavy (non-hydrogen) atoms. The van der Waals surface area contributed by atoms with Crippen LogP contribution in [0.2, 0.25) is 5.02 Å². The van der Waals surface area contributed by atoms with Gasteiger partial charge in [-0.2, -0.15) is 5.26 Å². The lowest BCUT2D eigenvalue weighted by molar-refractivity contribution is -0.125. The maximum Gasteiger partial charge on any atom is 0.226 e. The van der Waals surface area contributed by atoms with Gasteiger partial charge in [-0.1, -0.05) is 36.6 Å². The van der Waals surface area contributed by atoms with Crippen LogP contribution in [0, 0.1) is 28.5 Å². The van der Waals surface area contributed by atoms with E-state index in [0.29, 0.717) is 36.0 Å². The number of nitriles is 1. The van der Waals surface area contributed by atoms with Gasteiger partial charge < -0.3 is 9.32 Å². The summed E-state index contributed by atoms with van der Waals surface area (Å²) in [4.78, 5) is 20.5. The van der Waals surface area contributed by atoms with Crippen LogP contribution in [0.3, 0.4) is 0 Å². The fourth-order valence-electron chi connectivity index (χ4n) is 6.12. The molecule has 214 valence electrons. The minimum absolute atomic E-state index is 0.0337. The highest BCUT2D eigenvalue weighted by Crippen LogP contribution is 2.51. The topological polar surface area (TPSA) is 104 Å². The molecule has 0 unspecified atom stereocenters. The molecule has 1 saturated heterocycles. The summed E-state index contributed by atoms with van der Waals surface area (Å²) in [5, 5.41) is 9.56. The van der Waals surface area contributed by atoms with E-state index >= 15 is 0 Å². The number of carbonyl (C=O) groups is 1. The molecule has 6 rings (SSSR count). The zero-order valence-electron chi connectivity index (χ0n) is 22.6. The SMILES string of the molecule is N#CC1(CC(=O)[C@@H]2CCCC[C@H]2c2oc(-c3ccc(F)c(Cl)c3)nc2-c2ccc(N3CCS(=O)(=O)CC3)cc2)CC1. The van der Waals surface area contributed by atoms with Gasteiger partial charge in [-0.15, -0.1) is 0 Å². The second-order valence-electron chi connectivity index (χ2n) is 11.6. The van der Waals surface area contributed by atoms with E-state index in [2.05, 4.69) is 11.0 Å². The molecule has 0 amide bonds. The van der Waals surface area contributed by atoms with Gasteiger partial charge in [0.2, 0.25) is 5.89 Å². The first-order valence-corrected chi connectivity index (χ1v) is 16.3. The highest BCUT2D eigenvalue weighted by atomic mass is 35.5. The van der Waals surface area contributed by atoms with Crippen LogP contribution in [0.4, 0.5) is 10.1 Å². The number of rotatable bonds is 7. The van der Waals surface area contributed by atoms with Gasteiger partial charge in [0, 0.05) is 48.2 Å². The third-order valence-corrected chi connectivity index (χ3v) is 10.7. The van der Waals surface area contributed by atoms with Crippen molar-refractivity contribution in [1.29, 1.82) is 5.26 Å². The number of hydrogen-bond donors (Lipinski definition) is 0. The Hall–Kier alpha value is -3.22. The number of ketones is 1. The monoisotopic (exact) mass is 595 g/mol. The zero-order chi connectivity index (χ0) is 28.8. The number of Topliss-reactive ketones (excluding diaryl/α,β-unsaturated/α-hetero) is 1. The van der Waals surface area contributed by atoms with E-state index < -0.39 is 21.1 Å². The van der Waals surface area contributed by atoms with Crippen LogP contribution in [-0.4, -0.2) is 43.8 Å². The van der Waals surface area contributed by atoms with Crippen molar-refractivity contribution in [2.75, 3.05) is 29.5 Å². The van der Waals surface area contributed by atoms with Gasteiger partial charge in [0.15, 0.2) is 9.84 Å². The van der Waals surface area contributed by atoms with Crippen LogP contribution in [0.5, 0.6) is 0 Å². The number of carbonyl (C=O) groups excluding carboxylic acids is 1. The normalized spacial score (nSPS) is 23.1. The molecule has 3 aliphatic rings. The Kier molecular flexibility index (Phi) is 7.41. The van der Waals surface area contributed by atoms with Crippen molar-refractivity contribution >= 4 is 32.9 Å². The first-order chi connectivity index (χ1) is 19.7. The largest absolute Gasteiger partial charge is 0.440 e. The van der Waals surface area contributed by atoms with E-state index in [0.717, 1.165) is 49.8 Å². The van der Waals surface area contributed by atoms with E-state index in [1.54, 1.807) is 6.07 Å². The van der Waals surface area contributed by atoms with Crippen molar-refractivity contribution in [2.45, 2.75) is 50.9 Å². The molecule has 2 heterocycles. The van der Waals surface area contributed by atoms with Crippen LogP contribution in [0.1, 0.15) is 56.6 Å². The molecule has 10 heteroatoms. The Morgan fingerprint density at radius 1 is 1.10 bits per heavy atom. The number of anilines is 1. The molecule has 2 aromatic carbocycles. The van der Waals surface area contributed by atoms with Gasteiger partial charge >= 0.3 is 0 Å². The molecule has 0 N–H and O–H groups in total. The Bertz CT molecular complexity index is 1610. The van der Waals surface area contributed by atoms with Crippen molar-refractivity contribution in [3.8, 4) is 28.8 Å². The Morgan fingerprint density at radius 3 is 2.44 bits per heavy atom. The summed E-state index contributed by atoms with van der Waals surface area (Å²) >= 11 is 6.07. The molecule has 0 spiro atoms. The number of hydrogen-bond acceptors (Lipinski definition) is 7. The number of halogens is 2. The molecule has 2 atom stereocenters. The molecule has 2 aliphatic carbocycles. The molecule has 0 radical (unpaired) electrons. The fourth-order valence-corrected chi connectivity index (χ4v) is 7.50. The predicted octanol–water partition coefficient (Wildman–Crippen LogP) is 6.57. The van der Waals surface area contributed by atoms with Gasteiger partial charge in [-0.3, -0.25) is 4.79 Å². The molecule has 3 fully saturated rings. The minimum atomic E-state index is -2.99. The summed E-state index contributed by atoms with van der Waals surface area (Å²) < 4.78 is 44.1. The van der Waals surface area contributed by atoms with Crippen LogP contribution >= 0.6 is 11.6 Å². The molecule has 0 bridgehead atoms. The smallest absolute Gasteiger partial charge is 0.226 e. The van der Waals surface area contributed by atoms with Crippen molar-refractivity contribution in [3.63, 3.8) is 0 Å². The Labute approximate surface area is 244 Å². The first-order valence-electron chi connectivity index (χ1n) is 14.1. The van der Waals surface area contributed by atoms with Gasteiger partial charge in [-0.05, 0) is 56.0 Å². The lowest BCUT2D eigenvalue weighted by Crippen LogP contribution is -2.40. The summed E-state index contributed by atoms with van der Waals surface area (Å²) in [6.07, 6.45) is 5.20. The van der Waals surface area contributed by atoms with E-state index in [-0.39, 0.29) is 40.6 Å². The third kappa shape index (κ3) is 5.77. The zero-order valence-corrected chi connectivity index (χ0v) is 24.2. The maximum atomic E-state index is 13.9. The number of oxazole rings is 1. The van der Waals surface area contributed by atoms with E-state index in [4.69, 9.17) is 21.0 Å². The second-order valence-corrected chi connectivity index (χ2v) is 14.3. The molecule has 7 nitrogen and oxygen atoms in total. The van der Waals surface area contributed by atoms with Crippen molar-refractivity contribution < 1.29 is 22.0 Å². The quantitative estimate of drug-likeness (QED) is 0.304. The molecule has 2 saturated carbocycles. The van der Waals surface area contributed by atoms with Crippen molar-refractivity contribution in [2.24, 2.45) is 11.3 Å². The molecular weight excluding hydrogens is 565 g/mol. The number of nitrogens with zero attached hydrogens (tertiary/aromatic N) is 3. The first kappa shape index (κ1) is 27.9. The second kappa shape index (κ2) is 10.9. The highest BCUT2D eigenvalue weighted by molar-refractivity contribution is 7.91. The predicted molar refractivity (Wildman–Crippen MR) is 155 cm³/mol. The van der Waals surface area contributed by atoms with E-state index in [1.807, 2.05) is 24.3 Å². The minimum Gasteiger partial charge on any atom is -0.440 e. The van der Waals surface area contributed by atoms with E-state index in [1.165, 1.54) is 12.1 Å². The number of aromatic nitrogens is 1. The molecule has 1 aliphatic heterocycles. The van der Waals surface area contributed by atoms with Crippen molar-refractivity contribution in [3.05, 3.63) is 59.1 Å². The fraction of sp³-hybridized carbons (Fsp3) is 0.452. The summed E-state index contributed by atoms with van der Waals surface area (Å²) in [7, 11) is -2.99. The average Bonchev–Trinajstić information content (AvgIpc) is 3.61. The molecule has 3 aromatic rings. The Morgan fingerprint density at radius 2 is 1.78 bits per heavy atom. The lowest BCUT2D eigenvalue weighted by atomic mass is 9.73. The summed E-state index contributed by atoms with van der Waals surface area (Å²) in [5.74, 6) is 0.314. The summed E-state index contributed by atoms with van der Waals surface area (Å²) in [5.41, 5.74) is 2.39.